The van der Waals surface area contributed by atoms with Crippen LogP contribution in [0.15, 0.2) is 25.3 Å². The number of Topliss-reactive ketones (excluding diaryl/α,β-unsaturated/α-hetero) is 1. The summed E-state index contributed by atoms with van der Waals surface area (Å²) in [5, 5.41) is 0. The lowest BCUT2D eigenvalue weighted by Gasteiger charge is -2.44. The second-order valence-corrected chi connectivity index (χ2v) is 6.62. The van der Waals surface area contributed by atoms with Gasteiger partial charge in [0.15, 0.2) is 5.78 Å². The Labute approximate surface area is 139 Å². The van der Waals surface area contributed by atoms with E-state index < -0.39 is 0 Å². The highest BCUT2D eigenvalue weighted by molar-refractivity contribution is 5.90. The van der Waals surface area contributed by atoms with Gasteiger partial charge in [0.25, 0.3) is 0 Å². The fourth-order valence-electron chi connectivity index (χ4n) is 3.01. The average molecular weight is 310 g/mol. The molecule has 0 spiro atoms. The van der Waals surface area contributed by atoms with E-state index in [9.17, 15) is 4.79 Å². The van der Waals surface area contributed by atoms with Crippen LogP contribution in [-0.4, -0.2) is 29.3 Å². The second kappa shape index (κ2) is 11.6. The van der Waals surface area contributed by atoms with Gasteiger partial charge in [-0.3, -0.25) is 9.69 Å². The van der Waals surface area contributed by atoms with Crippen molar-refractivity contribution in [1.82, 2.24) is 4.90 Å². The molecular formula is C20H39NO. The van der Waals surface area contributed by atoms with Crippen molar-refractivity contribution >= 4 is 5.78 Å². The van der Waals surface area contributed by atoms with E-state index in [1.807, 2.05) is 26.0 Å². The summed E-state index contributed by atoms with van der Waals surface area (Å²) >= 11 is 0. The van der Waals surface area contributed by atoms with E-state index in [1.165, 1.54) is 0 Å². The fraction of sp³-hybridized carbons (Fsp3) is 0.750. The maximum atomic E-state index is 13.0. The van der Waals surface area contributed by atoms with Crippen molar-refractivity contribution in [3.63, 3.8) is 0 Å². The van der Waals surface area contributed by atoms with Crippen molar-refractivity contribution in [2.45, 2.75) is 85.2 Å². The number of likely N-dealkylation sites (N-methyl/N-ethyl adjacent to an activating group) is 1. The van der Waals surface area contributed by atoms with Crippen LogP contribution in [0.2, 0.25) is 0 Å². The van der Waals surface area contributed by atoms with E-state index in [2.05, 4.69) is 39.0 Å². The Kier molecular flexibility index (Phi) is 12.4. The van der Waals surface area contributed by atoms with Gasteiger partial charge in [0.05, 0.1) is 5.54 Å². The summed E-state index contributed by atoms with van der Waals surface area (Å²) in [7, 11) is 2.10. The van der Waals surface area contributed by atoms with Crippen LogP contribution in [0.25, 0.3) is 0 Å². The Morgan fingerprint density at radius 1 is 1.05 bits per heavy atom. The molecule has 0 bridgehead atoms. The summed E-state index contributed by atoms with van der Waals surface area (Å²) < 4.78 is 0. The van der Waals surface area contributed by atoms with Gasteiger partial charge in [-0.1, -0.05) is 33.4 Å². The van der Waals surface area contributed by atoms with Gasteiger partial charge in [-0.2, -0.15) is 0 Å². The third-order valence-corrected chi connectivity index (χ3v) is 4.43. The largest absolute Gasteiger partial charge is 0.297 e. The minimum absolute atomic E-state index is 0. The molecule has 0 aromatic heterocycles. The molecule has 0 aliphatic rings. The van der Waals surface area contributed by atoms with Crippen molar-refractivity contribution in [3.05, 3.63) is 25.3 Å². The first-order valence-corrected chi connectivity index (χ1v) is 8.32. The molecule has 0 heterocycles. The summed E-state index contributed by atoms with van der Waals surface area (Å²) in [5.74, 6) is 0.450. The highest BCUT2D eigenvalue weighted by Gasteiger charge is 2.42. The van der Waals surface area contributed by atoms with Crippen molar-refractivity contribution in [2.75, 3.05) is 7.05 Å². The maximum Gasteiger partial charge on any atom is 0.155 e. The second-order valence-electron chi connectivity index (χ2n) is 6.62. The molecule has 0 saturated heterocycles. The normalized spacial score (nSPS) is 11.6. The van der Waals surface area contributed by atoms with Crippen LogP contribution in [0.1, 0.15) is 73.6 Å². The number of ketones is 1. The molecule has 0 aromatic carbocycles. The lowest BCUT2D eigenvalue weighted by molar-refractivity contribution is -0.136. The van der Waals surface area contributed by atoms with Gasteiger partial charge in [0, 0.05) is 12.0 Å². The molecule has 0 fully saturated rings. The zero-order chi connectivity index (χ0) is 16.5. The van der Waals surface area contributed by atoms with E-state index >= 15 is 0 Å². The molecule has 0 amide bonds. The highest BCUT2D eigenvalue weighted by Crippen LogP contribution is 2.33. The summed E-state index contributed by atoms with van der Waals surface area (Å²) in [6.07, 6.45) is 9.72. The maximum absolute atomic E-state index is 13.0. The van der Waals surface area contributed by atoms with Crippen LogP contribution in [0.3, 0.4) is 0 Å². The van der Waals surface area contributed by atoms with Crippen LogP contribution in [0.5, 0.6) is 0 Å². The molecule has 0 radical (unpaired) electrons. The number of carbonyl (C=O) groups excluding carboxylic acids is 1. The topological polar surface area (TPSA) is 20.3 Å². The van der Waals surface area contributed by atoms with E-state index in [0.717, 1.165) is 38.5 Å². The molecule has 0 rings (SSSR count). The molecule has 0 atom stereocenters. The molecule has 0 unspecified atom stereocenters. The van der Waals surface area contributed by atoms with Gasteiger partial charge < -0.3 is 0 Å². The number of hydrogen-bond donors (Lipinski definition) is 0. The molecule has 130 valence electrons. The number of unbranched alkanes of at least 4 members (excludes halogenated alkanes) is 2. The van der Waals surface area contributed by atoms with Gasteiger partial charge in [0.1, 0.15) is 0 Å². The first kappa shape index (κ1) is 23.4. The average Bonchev–Trinajstić information content (AvgIpc) is 2.44. The smallest absolute Gasteiger partial charge is 0.155 e. The number of hydrogen-bond acceptors (Lipinski definition) is 2. The lowest BCUT2D eigenvalue weighted by atomic mass is 9.77. The monoisotopic (exact) mass is 309 g/mol. The van der Waals surface area contributed by atoms with Gasteiger partial charge in [0.2, 0.25) is 0 Å². The van der Waals surface area contributed by atoms with E-state index in [0.29, 0.717) is 11.8 Å². The van der Waals surface area contributed by atoms with Crippen molar-refractivity contribution < 1.29 is 4.79 Å². The first-order chi connectivity index (χ1) is 9.83. The third-order valence-electron chi connectivity index (χ3n) is 4.43. The number of nitrogens with zero attached hydrogens (tertiary/aromatic N) is 1. The van der Waals surface area contributed by atoms with E-state index in [1.54, 1.807) is 0 Å². The van der Waals surface area contributed by atoms with Gasteiger partial charge in [-0.25, -0.2) is 0 Å². The summed E-state index contributed by atoms with van der Waals surface area (Å²) in [6, 6.07) is 0.361. The van der Waals surface area contributed by atoms with Gasteiger partial charge in [-0.05, 0) is 59.4 Å². The zero-order valence-electron chi connectivity index (χ0n) is 14.8. The minimum Gasteiger partial charge on any atom is -0.297 e. The SMILES string of the molecule is C.C=CCCCC(CCCC=C)(C(=O)C(C)C)N(C)C(C)C. The van der Waals surface area contributed by atoms with E-state index in [-0.39, 0.29) is 18.9 Å². The molecule has 0 N–H and O–H groups in total. The Bertz CT molecular complexity index is 317. The highest BCUT2D eigenvalue weighted by atomic mass is 16.1. The molecule has 2 heteroatoms. The van der Waals surface area contributed by atoms with Crippen LogP contribution in [-0.2, 0) is 4.79 Å². The van der Waals surface area contributed by atoms with Crippen LogP contribution >= 0.6 is 0 Å². The van der Waals surface area contributed by atoms with Gasteiger partial charge >= 0.3 is 0 Å². The Morgan fingerprint density at radius 3 is 1.73 bits per heavy atom. The number of rotatable bonds is 12. The summed E-state index contributed by atoms with van der Waals surface area (Å²) in [6.45, 7) is 16.0. The van der Waals surface area contributed by atoms with Crippen molar-refractivity contribution in [2.24, 2.45) is 5.92 Å². The molecule has 0 aliphatic heterocycles. The van der Waals surface area contributed by atoms with Crippen LogP contribution < -0.4 is 0 Å². The molecule has 22 heavy (non-hydrogen) atoms. The number of carbonyl (C=O) groups is 1. The Balaban J connectivity index is 0. The van der Waals surface area contributed by atoms with Gasteiger partial charge in [-0.15, -0.1) is 13.2 Å². The van der Waals surface area contributed by atoms with E-state index in [4.69, 9.17) is 0 Å². The minimum atomic E-state index is -0.339. The van der Waals surface area contributed by atoms with Crippen LogP contribution in [0, 0.1) is 5.92 Å². The first-order valence-electron chi connectivity index (χ1n) is 8.32. The molecule has 0 aromatic rings. The third kappa shape index (κ3) is 6.48. The molecule has 0 saturated carbocycles. The van der Waals surface area contributed by atoms with Crippen LogP contribution in [0.4, 0.5) is 0 Å². The fourth-order valence-corrected chi connectivity index (χ4v) is 3.01. The number of allylic oxidation sites excluding steroid dienone is 2. The standard InChI is InChI=1S/C19H35NO.CH4/c1-8-10-12-14-19(15-13-11-9-2,18(21)16(3)4)20(7)17(5)6;/h8-9,16-17H,1-2,10-15H2,3-7H3;1H4. The lowest BCUT2D eigenvalue weighted by Crippen LogP contribution is -2.56. The zero-order valence-corrected chi connectivity index (χ0v) is 14.8. The quantitative estimate of drug-likeness (QED) is 0.343. The summed E-state index contributed by atoms with van der Waals surface area (Å²) in [5.41, 5.74) is -0.339. The Hall–Kier alpha value is -0.890. The summed E-state index contributed by atoms with van der Waals surface area (Å²) in [4.78, 5) is 15.3. The molecule has 0 aliphatic carbocycles. The predicted molar refractivity (Wildman–Crippen MR) is 100 cm³/mol. The Morgan fingerprint density at radius 2 is 1.45 bits per heavy atom. The molecule has 2 nitrogen and oxygen atoms in total. The van der Waals surface area contributed by atoms with Crippen molar-refractivity contribution in [1.29, 1.82) is 0 Å². The predicted octanol–water partition coefficient (Wildman–Crippen LogP) is 5.64. The van der Waals surface area contributed by atoms with Crippen molar-refractivity contribution in [3.8, 4) is 0 Å². The molecular weight excluding hydrogens is 270 g/mol.